The molecule has 0 aliphatic rings. The molecule has 0 radical (unpaired) electrons. The van der Waals surface area contributed by atoms with E-state index in [1.807, 2.05) is 42.6 Å². The van der Waals surface area contributed by atoms with Gasteiger partial charge >= 0.3 is 5.97 Å². The maximum atomic E-state index is 12.0. The van der Waals surface area contributed by atoms with Crippen LogP contribution in [0.15, 0.2) is 66.9 Å². The Morgan fingerprint density at radius 2 is 1.88 bits per heavy atom. The number of halogens is 2. The Balaban J connectivity index is 1.51. The third kappa shape index (κ3) is 5.47. The lowest BCUT2D eigenvalue weighted by Crippen LogP contribution is -2.38. The van der Waals surface area contributed by atoms with Crippen molar-refractivity contribution < 1.29 is 19.4 Å². The molecule has 6 nitrogen and oxygen atoms in total. The van der Waals surface area contributed by atoms with Gasteiger partial charge in [-0.15, -0.1) is 0 Å². The van der Waals surface area contributed by atoms with E-state index < -0.39 is 12.0 Å². The number of aliphatic carboxylic acids is 1. The van der Waals surface area contributed by atoms with E-state index in [0.717, 1.165) is 27.6 Å². The Hall–Kier alpha value is -3.19. The summed E-state index contributed by atoms with van der Waals surface area (Å²) >= 11 is 12.3. The van der Waals surface area contributed by atoms with E-state index in [1.165, 1.54) is 0 Å². The van der Waals surface area contributed by atoms with Crippen molar-refractivity contribution in [2.75, 3.05) is 7.11 Å². The summed E-state index contributed by atoms with van der Waals surface area (Å²) in [5.41, 5.74) is 3.47. The van der Waals surface area contributed by atoms with Crippen molar-refractivity contribution in [3.8, 4) is 11.5 Å². The van der Waals surface area contributed by atoms with Gasteiger partial charge in [0.1, 0.15) is 12.6 Å². The fraction of sp³-hybridized carbons (Fsp3) is 0.192. The van der Waals surface area contributed by atoms with E-state index in [1.54, 1.807) is 31.4 Å². The second-order valence-electron chi connectivity index (χ2n) is 7.81. The van der Waals surface area contributed by atoms with Crippen LogP contribution in [0.1, 0.15) is 16.7 Å². The molecule has 4 aromatic rings. The zero-order chi connectivity index (χ0) is 24.1. The van der Waals surface area contributed by atoms with Crippen LogP contribution in [0.5, 0.6) is 11.5 Å². The van der Waals surface area contributed by atoms with Gasteiger partial charge in [-0.05, 0) is 29.8 Å². The summed E-state index contributed by atoms with van der Waals surface area (Å²) in [6.07, 6.45) is 2.19. The van der Waals surface area contributed by atoms with Gasteiger partial charge in [0.05, 0.1) is 7.11 Å². The molecule has 34 heavy (non-hydrogen) atoms. The normalized spacial score (nSPS) is 12.0. The maximum absolute atomic E-state index is 12.0. The minimum Gasteiger partial charge on any atom is -0.493 e. The van der Waals surface area contributed by atoms with E-state index in [0.29, 0.717) is 28.0 Å². The Morgan fingerprint density at radius 3 is 2.65 bits per heavy atom. The molecule has 176 valence electrons. The van der Waals surface area contributed by atoms with E-state index >= 15 is 0 Å². The highest BCUT2D eigenvalue weighted by atomic mass is 35.5. The molecule has 3 N–H and O–H groups in total. The quantitative estimate of drug-likeness (QED) is 0.255. The molecule has 3 aromatic carbocycles. The number of fused-ring (bicyclic) bond motifs is 1. The highest BCUT2D eigenvalue weighted by molar-refractivity contribution is 6.35. The molecule has 0 saturated heterocycles. The van der Waals surface area contributed by atoms with Gasteiger partial charge in [-0.2, -0.15) is 0 Å². The molecule has 0 bridgehead atoms. The van der Waals surface area contributed by atoms with Crippen LogP contribution < -0.4 is 14.8 Å². The summed E-state index contributed by atoms with van der Waals surface area (Å²) in [5.74, 6) is 0.149. The average Bonchev–Trinajstić information content (AvgIpc) is 3.24. The van der Waals surface area contributed by atoms with Gasteiger partial charge in [0, 0.05) is 51.2 Å². The molecule has 1 aromatic heterocycles. The monoisotopic (exact) mass is 498 g/mol. The van der Waals surface area contributed by atoms with E-state index in [-0.39, 0.29) is 13.2 Å². The van der Waals surface area contributed by atoms with Crippen LogP contribution in [-0.4, -0.2) is 29.2 Å². The minimum absolute atomic E-state index is 0.209. The van der Waals surface area contributed by atoms with Crippen molar-refractivity contribution in [1.82, 2.24) is 10.3 Å². The van der Waals surface area contributed by atoms with Gasteiger partial charge < -0.3 is 19.6 Å². The first-order valence-corrected chi connectivity index (χ1v) is 11.5. The van der Waals surface area contributed by atoms with Crippen molar-refractivity contribution in [2.24, 2.45) is 0 Å². The zero-order valence-corrected chi connectivity index (χ0v) is 20.0. The first kappa shape index (κ1) is 24.0. The molecule has 0 saturated carbocycles. The fourth-order valence-electron chi connectivity index (χ4n) is 3.81. The predicted molar refractivity (Wildman–Crippen MR) is 134 cm³/mol. The topological polar surface area (TPSA) is 83.6 Å². The summed E-state index contributed by atoms with van der Waals surface area (Å²) in [4.78, 5) is 15.2. The zero-order valence-electron chi connectivity index (χ0n) is 18.5. The molecule has 1 heterocycles. The molecular formula is C26H24Cl2N2O4. The summed E-state index contributed by atoms with van der Waals surface area (Å²) in [6, 6.07) is 17.8. The largest absolute Gasteiger partial charge is 0.493 e. The molecule has 0 aliphatic carbocycles. The standard InChI is InChI=1S/C26H24Cl2N2O4/c1-33-24-8-4-5-16(25(24)34-15-17-9-10-19(27)12-21(17)28)13-30-23(26(31)32)11-18-14-29-22-7-3-2-6-20(18)22/h2-10,12,14,23,29-30H,11,13,15H2,1H3,(H,31,32). The van der Waals surface area contributed by atoms with Gasteiger partial charge in [0.15, 0.2) is 11.5 Å². The average molecular weight is 499 g/mol. The number of nitrogens with one attached hydrogen (secondary N) is 2. The van der Waals surface area contributed by atoms with Gasteiger partial charge in [0.2, 0.25) is 0 Å². The summed E-state index contributed by atoms with van der Waals surface area (Å²) < 4.78 is 11.6. The molecule has 0 amide bonds. The molecular weight excluding hydrogens is 475 g/mol. The number of carbonyl (C=O) groups is 1. The molecule has 0 fully saturated rings. The highest BCUT2D eigenvalue weighted by Gasteiger charge is 2.21. The van der Waals surface area contributed by atoms with Crippen molar-refractivity contribution in [1.29, 1.82) is 0 Å². The SMILES string of the molecule is COc1cccc(CNC(Cc2c[nH]c3ccccc23)C(=O)O)c1OCc1ccc(Cl)cc1Cl. The Morgan fingerprint density at radius 1 is 1.06 bits per heavy atom. The number of hydrogen-bond acceptors (Lipinski definition) is 4. The van der Waals surface area contributed by atoms with Crippen LogP contribution in [0, 0.1) is 0 Å². The third-order valence-corrected chi connectivity index (χ3v) is 6.19. The van der Waals surface area contributed by atoms with Gasteiger partial charge in [-0.25, -0.2) is 0 Å². The summed E-state index contributed by atoms with van der Waals surface area (Å²) in [6.45, 7) is 0.487. The van der Waals surface area contributed by atoms with Crippen LogP contribution >= 0.6 is 23.2 Å². The minimum atomic E-state index is -0.927. The number of para-hydroxylation sites is 2. The molecule has 0 aliphatic heterocycles. The molecule has 1 unspecified atom stereocenters. The van der Waals surface area contributed by atoms with Crippen LogP contribution in [0.25, 0.3) is 10.9 Å². The number of ether oxygens (including phenoxy) is 2. The number of H-pyrrole nitrogens is 1. The van der Waals surface area contributed by atoms with Gasteiger partial charge in [-0.1, -0.05) is 59.6 Å². The number of methoxy groups -OCH3 is 1. The fourth-order valence-corrected chi connectivity index (χ4v) is 4.28. The second-order valence-corrected chi connectivity index (χ2v) is 8.65. The molecule has 4 rings (SSSR count). The van der Waals surface area contributed by atoms with Gasteiger partial charge in [-0.3, -0.25) is 10.1 Å². The van der Waals surface area contributed by atoms with Crippen molar-refractivity contribution in [3.63, 3.8) is 0 Å². The maximum Gasteiger partial charge on any atom is 0.321 e. The Kier molecular flexibility index (Phi) is 7.63. The molecule has 1 atom stereocenters. The van der Waals surface area contributed by atoms with E-state index in [4.69, 9.17) is 32.7 Å². The van der Waals surface area contributed by atoms with Gasteiger partial charge in [0.25, 0.3) is 0 Å². The number of carboxylic acids is 1. The number of carboxylic acid groups (broad SMARTS) is 1. The van der Waals surface area contributed by atoms with E-state index in [9.17, 15) is 9.90 Å². The first-order chi connectivity index (χ1) is 16.5. The van der Waals surface area contributed by atoms with Crippen molar-refractivity contribution in [2.45, 2.75) is 25.6 Å². The third-order valence-electron chi connectivity index (χ3n) is 5.60. The predicted octanol–water partition coefficient (Wildman–Crippen LogP) is 5.85. The Bertz CT molecular complexity index is 1310. The summed E-state index contributed by atoms with van der Waals surface area (Å²) in [7, 11) is 1.56. The van der Waals surface area contributed by atoms with Crippen LogP contribution in [-0.2, 0) is 24.4 Å². The second kappa shape index (κ2) is 10.8. The number of hydrogen-bond donors (Lipinski definition) is 3. The van der Waals surface area contributed by atoms with Crippen LogP contribution in [0.3, 0.4) is 0 Å². The van der Waals surface area contributed by atoms with E-state index in [2.05, 4.69) is 10.3 Å². The molecule has 8 heteroatoms. The Labute approximate surface area is 207 Å². The number of rotatable bonds is 10. The lowest BCUT2D eigenvalue weighted by atomic mass is 10.0. The first-order valence-electron chi connectivity index (χ1n) is 10.7. The number of aromatic amines is 1. The lowest BCUT2D eigenvalue weighted by molar-refractivity contribution is -0.139. The van der Waals surface area contributed by atoms with Crippen molar-refractivity contribution >= 4 is 40.1 Å². The number of benzene rings is 3. The highest BCUT2D eigenvalue weighted by Crippen LogP contribution is 2.33. The molecule has 0 spiro atoms. The van der Waals surface area contributed by atoms with Crippen LogP contribution in [0.2, 0.25) is 10.0 Å². The smallest absolute Gasteiger partial charge is 0.321 e. The summed E-state index contributed by atoms with van der Waals surface area (Å²) in [5, 5.41) is 15.1. The van der Waals surface area contributed by atoms with Crippen molar-refractivity contribution in [3.05, 3.63) is 93.6 Å². The van der Waals surface area contributed by atoms with Crippen LogP contribution in [0.4, 0.5) is 0 Å². The number of aromatic nitrogens is 1. The lowest BCUT2D eigenvalue weighted by Gasteiger charge is -2.18.